The van der Waals surface area contributed by atoms with E-state index in [-0.39, 0.29) is 22.8 Å². The molecule has 3 aliphatic rings. The van der Waals surface area contributed by atoms with Gasteiger partial charge in [0, 0.05) is 36.2 Å². The van der Waals surface area contributed by atoms with Crippen LogP contribution in [0.15, 0.2) is 66.1 Å². The molecule has 49 heavy (non-hydrogen) atoms. The highest BCUT2D eigenvalue weighted by Crippen LogP contribution is 2.47. The van der Waals surface area contributed by atoms with Crippen molar-refractivity contribution in [2.75, 3.05) is 37.5 Å². The van der Waals surface area contributed by atoms with Crippen molar-refractivity contribution in [3.05, 3.63) is 83.4 Å². The molecule has 2 amide bonds. The molecule has 1 aliphatic heterocycles. The highest BCUT2D eigenvalue weighted by atomic mass is 35.5. The third-order valence-corrected chi connectivity index (χ3v) is 11.9. The number of nitrogens with one attached hydrogen (secondary N) is 1. The molecule has 1 heterocycles. The van der Waals surface area contributed by atoms with E-state index in [1.165, 1.54) is 11.1 Å². The van der Waals surface area contributed by atoms with Crippen molar-refractivity contribution in [2.45, 2.75) is 82.8 Å². The molecule has 9 nitrogen and oxygen atoms in total. The average Bonchev–Trinajstić information content (AvgIpc) is 3.17. The second kappa shape index (κ2) is 15.3. The van der Waals surface area contributed by atoms with Crippen LogP contribution < -0.4 is 14.4 Å². The number of methoxy groups -OCH3 is 1. The van der Waals surface area contributed by atoms with Gasteiger partial charge in [-0.25, -0.2) is 13.7 Å². The number of amides is 2. The lowest BCUT2D eigenvalue weighted by Crippen LogP contribution is -2.49. The lowest BCUT2D eigenvalue weighted by molar-refractivity contribution is 0.0135. The Morgan fingerprint density at radius 2 is 2.02 bits per heavy atom. The minimum Gasteiger partial charge on any atom is -0.490 e. The summed E-state index contributed by atoms with van der Waals surface area (Å²) in [6.45, 7) is 14.8. The number of ether oxygens (including phenoxy) is 3. The number of hydrogen-bond acceptors (Lipinski definition) is 7. The number of aryl methyl sites for hydroxylation is 1. The van der Waals surface area contributed by atoms with Crippen LogP contribution in [0.3, 0.4) is 0 Å². The lowest BCUT2D eigenvalue weighted by Gasteiger charge is -2.46. The molecule has 2 aliphatic carbocycles. The molecule has 0 radical (unpaired) electrons. The Morgan fingerprint density at radius 3 is 2.69 bits per heavy atom. The van der Waals surface area contributed by atoms with E-state index in [0.717, 1.165) is 49.4 Å². The number of unbranched alkanes of at least 4 members (excludes halogenated alkanes) is 1. The van der Waals surface area contributed by atoms with E-state index in [2.05, 4.69) is 39.3 Å². The first kappa shape index (κ1) is 36.9. The second-order valence-electron chi connectivity index (χ2n) is 14.5. The fourth-order valence-corrected chi connectivity index (χ4v) is 9.06. The molecule has 0 unspecified atom stereocenters. The largest absolute Gasteiger partial charge is 0.490 e. The fourth-order valence-electron chi connectivity index (χ4n) is 7.39. The molecule has 1 saturated carbocycles. The van der Waals surface area contributed by atoms with E-state index in [1.54, 1.807) is 52.2 Å². The Morgan fingerprint density at radius 1 is 1.22 bits per heavy atom. The number of benzene rings is 2. The topological polar surface area (TPSA) is 107 Å². The van der Waals surface area contributed by atoms with E-state index in [4.69, 9.17) is 25.8 Å². The van der Waals surface area contributed by atoms with Gasteiger partial charge in [0.25, 0.3) is 5.91 Å². The van der Waals surface area contributed by atoms with Gasteiger partial charge in [0.1, 0.15) is 21.3 Å². The molecule has 2 aromatic carbocycles. The SMILES string of the molecule is C=CCCC[S@](=O)(=NC(=O)c1ccc2c(c1)N(C[C@@H]1CC[C@H]1[C@H](C=C)OC)C[C@@]1(CCCc3cc(Cl)ccc31)CO2)NC(=O)OC(C)(C)C. The van der Waals surface area contributed by atoms with Gasteiger partial charge < -0.3 is 19.1 Å². The molecule has 11 heteroatoms. The quantitative estimate of drug-likeness (QED) is 0.186. The standard InChI is InChI=1S/C38H50ClN3O6S/c1-7-9-10-20-49(45,41-36(44)48-37(3,4)5)40-35(43)27-14-18-34-32(22-27)42(23-28-13-16-30(28)33(8-2)46-6)24-38(25-47-34)19-11-12-26-21-29(39)15-17-31(26)38/h7-8,14-15,17-18,21-22,28,30,33H,1-2,9-13,16,19-20,23-25H2,3-6H3,(H,40,41,43,44,45)/t28-,30+,33-,38-,49-/m0/s1. The summed E-state index contributed by atoms with van der Waals surface area (Å²) < 4.78 is 38.2. The van der Waals surface area contributed by atoms with Gasteiger partial charge in [0.2, 0.25) is 0 Å². The van der Waals surface area contributed by atoms with Gasteiger partial charge in [-0.1, -0.05) is 29.8 Å². The number of carbonyl (C=O) groups is 2. The summed E-state index contributed by atoms with van der Waals surface area (Å²) >= 11 is 6.43. The number of rotatable bonds is 11. The first-order valence-electron chi connectivity index (χ1n) is 17.2. The van der Waals surface area contributed by atoms with Crippen molar-refractivity contribution in [1.29, 1.82) is 0 Å². The summed E-state index contributed by atoms with van der Waals surface area (Å²) in [7, 11) is -1.77. The van der Waals surface area contributed by atoms with Crippen LogP contribution in [0.1, 0.15) is 80.8 Å². The highest BCUT2D eigenvalue weighted by Gasteiger charge is 2.44. The van der Waals surface area contributed by atoms with Crippen molar-refractivity contribution in [2.24, 2.45) is 16.2 Å². The molecule has 0 bridgehead atoms. The van der Waals surface area contributed by atoms with Crippen molar-refractivity contribution in [3.63, 3.8) is 0 Å². The molecule has 2 aromatic rings. The maximum absolute atomic E-state index is 13.9. The van der Waals surface area contributed by atoms with Gasteiger partial charge in [-0.05, 0) is 119 Å². The molecule has 266 valence electrons. The first-order valence-corrected chi connectivity index (χ1v) is 19.2. The van der Waals surface area contributed by atoms with Crippen molar-refractivity contribution >= 4 is 39.2 Å². The number of halogens is 1. The Labute approximate surface area is 296 Å². The van der Waals surface area contributed by atoms with Crippen LogP contribution in [0.4, 0.5) is 10.5 Å². The summed E-state index contributed by atoms with van der Waals surface area (Å²) in [5, 5.41) is 0.729. The number of carbonyl (C=O) groups excluding carboxylic acids is 2. The summed E-state index contributed by atoms with van der Waals surface area (Å²) in [5.74, 6) is 0.651. The van der Waals surface area contributed by atoms with Gasteiger partial charge in [-0.15, -0.1) is 17.5 Å². The Balaban J connectivity index is 1.52. The third-order valence-electron chi connectivity index (χ3n) is 9.84. The van der Waals surface area contributed by atoms with E-state index in [1.807, 2.05) is 12.1 Å². The molecule has 1 N–H and O–H groups in total. The summed E-state index contributed by atoms with van der Waals surface area (Å²) in [5.41, 5.74) is 2.46. The second-order valence-corrected chi connectivity index (χ2v) is 17.0. The lowest BCUT2D eigenvalue weighted by atomic mass is 9.68. The van der Waals surface area contributed by atoms with E-state index in [0.29, 0.717) is 43.6 Å². The van der Waals surface area contributed by atoms with Crippen LogP contribution in [0, 0.1) is 11.8 Å². The van der Waals surface area contributed by atoms with E-state index in [9.17, 15) is 13.8 Å². The first-order chi connectivity index (χ1) is 23.3. The molecule has 0 aromatic heterocycles. The fraction of sp³-hybridized carbons (Fsp3) is 0.526. The molecule has 1 spiro atoms. The maximum atomic E-state index is 13.9. The normalized spacial score (nSPS) is 23.3. The number of anilines is 1. The minimum atomic E-state index is -3.49. The molecular weight excluding hydrogens is 662 g/mol. The Kier molecular flexibility index (Phi) is 11.5. The predicted molar refractivity (Wildman–Crippen MR) is 196 cm³/mol. The summed E-state index contributed by atoms with van der Waals surface area (Å²) in [6.07, 6.45) is 8.68. The molecule has 5 atom stereocenters. The number of hydrogen-bond donors (Lipinski definition) is 1. The Hall–Kier alpha value is -3.34. The van der Waals surface area contributed by atoms with Crippen LogP contribution in [0.5, 0.6) is 5.75 Å². The monoisotopic (exact) mass is 711 g/mol. The predicted octanol–water partition coefficient (Wildman–Crippen LogP) is 8.05. The zero-order valence-electron chi connectivity index (χ0n) is 29.2. The van der Waals surface area contributed by atoms with Gasteiger partial charge in [0.05, 0.1) is 24.2 Å². The van der Waals surface area contributed by atoms with E-state index < -0.39 is 27.5 Å². The van der Waals surface area contributed by atoms with Crippen LogP contribution in [0.2, 0.25) is 5.02 Å². The van der Waals surface area contributed by atoms with Crippen molar-refractivity contribution < 1.29 is 28.0 Å². The van der Waals surface area contributed by atoms with Gasteiger partial charge >= 0.3 is 6.09 Å². The zero-order valence-corrected chi connectivity index (χ0v) is 30.7. The van der Waals surface area contributed by atoms with E-state index >= 15 is 0 Å². The molecule has 1 fully saturated rings. The van der Waals surface area contributed by atoms with Crippen LogP contribution in [-0.4, -0.2) is 60.5 Å². The van der Waals surface area contributed by atoms with Crippen LogP contribution >= 0.6 is 11.6 Å². The number of allylic oxidation sites excluding steroid dienone is 1. The smallest absolute Gasteiger partial charge is 0.420 e. The van der Waals surface area contributed by atoms with Gasteiger partial charge in [-0.2, -0.15) is 0 Å². The molecular formula is C38H50ClN3O6S. The van der Waals surface area contributed by atoms with Crippen molar-refractivity contribution in [3.8, 4) is 5.75 Å². The third kappa shape index (κ3) is 8.70. The highest BCUT2D eigenvalue weighted by molar-refractivity contribution is 7.92. The molecule has 0 saturated heterocycles. The summed E-state index contributed by atoms with van der Waals surface area (Å²) in [4.78, 5) is 28.8. The minimum absolute atomic E-state index is 0.0246. The average molecular weight is 712 g/mol. The molecule has 5 rings (SSSR count). The van der Waals surface area contributed by atoms with Gasteiger partial charge in [-0.3, -0.25) is 4.79 Å². The maximum Gasteiger partial charge on any atom is 0.420 e. The van der Waals surface area contributed by atoms with Crippen molar-refractivity contribution in [1.82, 2.24) is 4.72 Å². The van der Waals surface area contributed by atoms with Crippen LogP contribution in [0.25, 0.3) is 0 Å². The zero-order chi connectivity index (χ0) is 35.4. The summed E-state index contributed by atoms with van der Waals surface area (Å²) in [6, 6.07) is 11.4. The number of nitrogens with zero attached hydrogens (tertiary/aromatic N) is 2. The Bertz CT molecular complexity index is 1700. The van der Waals surface area contributed by atoms with Crippen LogP contribution in [-0.2, 0) is 31.2 Å². The number of fused-ring (bicyclic) bond motifs is 3. The van der Waals surface area contributed by atoms with Gasteiger partial charge in [0.15, 0.2) is 0 Å².